The predicted octanol–water partition coefficient (Wildman–Crippen LogP) is 3.29. The third kappa shape index (κ3) is 1.48. The van der Waals surface area contributed by atoms with E-state index in [0.717, 1.165) is 10.8 Å². The second-order valence-electron chi connectivity index (χ2n) is 4.38. The number of hydrogen-bond acceptors (Lipinski definition) is 3. The monoisotopic (exact) mass is 240 g/mol. The van der Waals surface area contributed by atoms with Gasteiger partial charge < -0.3 is 9.47 Å². The maximum absolute atomic E-state index is 12.0. The topological polar surface area (TPSA) is 35.5 Å². The Kier molecular flexibility index (Phi) is 2.17. The van der Waals surface area contributed by atoms with Crippen molar-refractivity contribution in [1.29, 1.82) is 0 Å². The molecular weight excluding hydrogens is 228 g/mol. The van der Waals surface area contributed by atoms with Gasteiger partial charge in [-0.25, -0.2) is 4.79 Å². The first-order valence-electron chi connectivity index (χ1n) is 5.71. The quantitative estimate of drug-likeness (QED) is 0.566. The van der Waals surface area contributed by atoms with Crippen molar-refractivity contribution in [2.45, 2.75) is 12.7 Å². The van der Waals surface area contributed by atoms with E-state index < -0.39 is 5.79 Å². The molecule has 0 spiro atoms. The Balaban J connectivity index is 2.30. The average molecular weight is 240 g/mol. The normalized spacial score (nSPS) is 21.9. The van der Waals surface area contributed by atoms with Crippen LogP contribution in [0.15, 0.2) is 49.1 Å². The molecule has 18 heavy (non-hydrogen) atoms. The zero-order chi connectivity index (χ0) is 12.8. The fourth-order valence-electron chi connectivity index (χ4n) is 2.06. The van der Waals surface area contributed by atoms with Crippen LogP contribution in [0.1, 0.15) is 17.3 Å². The highest BCUT2D eigenvalue weighted by atomic mass is 16.7. The predicted molar refractivity (Wildman–Crippen MR) is 68.6 cm³/mol. The molecule has 0 radical (unpaired) electrons. The van der Waals surface area contributed by atoms with Crippen LogP contribution in [-0.2, 0) is 4.74 Å². The molecule has 0 bridgehead atoms. The van der Waals surface area contributed by atoms with Crippen LogP contribution in [-0.4, -0.2) is 11.8 Å². The van der Waals surface area contributed by atoms with Gasteiger partial charge in [-0.2, -0.15) is 0 Å². The van der Waals surface area contributed by atoms with Gasteiger partial charge in [-0.15, -0.1) is 0 Å². The highest BCUT2D eigenvalue weighted by Gasteiger charge is 2.36. The lowest BCUT2D eigenvalue weighted by Crippen LogP contribution is -2.39. The van der Waals surface area contributed by atoms with Crippen molar-refractivity contribution in [2.75, 3.05) is 0 Å². The zero-order valence-corrected chi connectivity index (χ0v) is 9.97. The minimum absolute atomic E-state index is 0.385. The van der Waals surface area contributed by atoms with Crippen molar-refractivity contribution in [3.63, 3.8) is 0 Å². The van der Waals surface area contributed by atoms with Gasteiger partial charge in [0, 0.05) is 12.3 Å². The van der Waals surface area contributed by atoms with Crippen LogP contribution in [0.3, 0.4) is 0 Å². The Morgan fingerprint density at radius 3 is 2.72 bits per heavy atom. The van der Waals surface area contributed by atoms with Crippen LogP contribution in [0.5, 0.6) is 5.75 Å². The molecule has 0 N–H and O–H groups in total. The highest BCUT2D eigenvalue weighted by molar-refractivity contribution is 6.02. The second-order valence-corrected chi connectivity index (χ2v) is 4.38. The summed E-state index contributed by atoms with van der Waals surface area (Å²) >= 11 is 0. The first-order chi connectivity index (χ1) is 8.63. The van der Waals surface area contributed by atoms with Gasteiger partial charge in [-0.1, -0.05) is 36.9 Å². The summed E-state index contributed by atoms with van der Waals surface area (Å²) in [7, 11) is 0. The summed E-state index contributed by atoms with van der Waals surface area (Å²) < 4.78 is 11.0. The molecule has 1 aliphatic heterocycles. The number of cyclic esters (lactones) is 1. The average Bonchev–Trinajstić information content (AvgIpc) is 2.38. The first-order valence-corrected chi connectivity index (χ1v) is 5.71. The molecule has 2 aromatic rings. The van der Waals surface area contributed by atoms with E-state index in [1.165, 1.54) is 6.08 Å². The fraction of sp³-hybridized carbons (Fsp3) is 0.133. The summed E-state index contributed by atoms with van der Waals surface area (Å²) in [5, 5.41) is 1.93. The zero-order valence-electron chi connectivity index (χ0n) is 9.97. The van der Waals surface area contributed by atoms with E-state index in [1.807, 2.05) is 30.3 Å². The molecule has 1 aliphatic rings. The third-order valence-corrected chi connectivity index (χ3v) is 3.07. The number of ether oxygens (including phenoxy) is 2. The SMILES string of the molecule is C=CC1(C)OC(=O)c2ccc3ccccc3c2O1. The molecular formula is C15H12O3. The molecule has 0 aliphatic carbocycles. The Labute approximate surface area is 105 Å². The van der Waals surface area contributed by atoms with Crippen molar-refractivity contribution in [3.8, 4) is 5.75 Å². The van der Waals surface area contributed by atoms with Gasteiger partial charge in [0.05, 0.1) is 0 Å². The fourth-order valence-corrected chi connectivity index (χ4v) is 2.06. The van der Waals surface area contributed by atoms with Crippen molar-refractivity contribution >= 4 is 16.7 Å². The van der Waals surface area contributed by atoms with Crippen LogP contribution in [0.2, 0.25) is 0 Å². The van der Waals surface area contributed by atoms with Crippen LogP contribution >= 0.6 is 0 Å². The summed E-state index contributed by atoms with van der Waals surface area (Å²) in [5.74, 6) is -0.926. The molecule has 3 heteroatoms. The molecule has 0 amide bonds. The van der Waals surface area contributed by atoms with E-state index in [2.05, 4.69) is 6.58 Å². The van der Waals surface area contributed by atoms with Crippen LogP contribution in [0.25, 0.3) is 10.8 Å². The molecule has 0 saturated heterocycles. The summed E-state index contributed by atoms with van der Waals surface area (Å²) in [6.07, 6.45) is 1.48. The highest BCUT2D eigenvalue weighted by Crippen LogP contribution is 2.37. The van der Waals surface area contributed by atoms with E-state index in [4.69, 9.17) is 9.47 Å². The summed E-state index contributed by atoms with van der Waals surface area (Å²) in [6, 6.07) is 11.4. The van der Waals surface area contributed by atoms with Crippen LogP contribution < -0.4 is 4.74 Å². The first kappa shape index (κ1) is 10.8. The lowest BCUT2D eigenvalue weighted by Gasteiger charge is -2.32. The molecule has 90 valence electrons. The Hall–Kier alpha value is -2.29. The van der Waals surface area contributed by atoms with Crippen molar-refractivity contribution in [1.82, 2.24) is 0 Å². The lowest BCUT2D eigenvalue weighted by atomic mass is 10.0. The maximum atomic E-state index is 12.0. The van der Waals surface area contributed by atoms with E-state index in [9.17, 15) is 4.79 Å². The smallest absolute Gasteiger partial charge is 0.345 e. The van der Waals surface area contributed by atoms with Gasteiger partial charge in [0.25, 0.3) is 5.79 Å². The Morgan fingerprint density at radius 1 is 1.17 bits per heavy atom. The van der Waals surface area contributed by atoms with Gasteiger partial charge in [-0.05, 0) is 17.5 Å². The van der Waals surface area contributed by atoms with Crippen molar-refractivity contribution in [3.05, 3.63) is 54.6 Å². The molecule has 3 rings (SSSR count). The Bertz CT molecular complexity index is 660. The molecule has 0 fully saturated rings. The molecule has 3 nitrogen and oxygen atoms in total. The van der Waals surface area contributed by atoms with E-state index in [1.54, 1.807) is 13.0 Å². The number of hydrogen-bond donors (Lipinski definition) is 0. The minimum Gasteiger partial charge on any atom is -0.447 e. The van der Waals surface area contributed by atoms with Gasteiger partial charge in [0.1, 0.15) is 11.3 Å². The van der Waals surface area contributed by atoms with E-state index in [0.29, 0.717) is 11.3 Å². The van der Waals surface area contributed by atoms with Gasteiger partial charge in [0.15, 0.2) is 0 Å². The lowest BCUT2D eigenvalue weighted by molar-refractivity contribution is -0.104. The van der Waals surface area contributed by atoms with Crippen LogP contribution in [0, 0.1) is 0 Å². The number of carbonyl (C=O) groups excluding carboxylic acids is 1. The number of fused-ring (bicyclic) bond motifs is 3. The van der Waals surface area contributed by atoms with E-state index in [-0.39, 0.29) is 5.97 Å². The molecule has 1 heterocycles. The minimum atomic E-state index is -1.10. The summed E-state index contributed by atoms with van der Waals surface area (Å²) in [4.78, 5) is 12.0. The number of carbonyl (C=O) groups is 1. The van der Waals surface area contributed by atoms with Crippen molar-refractivity contribution in [2.24, 2.45) is 0 Å². The molecule has 0 aromatic heterocycles. The number of rotatable bonds is 1. The standard InChI is InChI=1S/C15H12O3/c1-3-15(2)17-13-11-7-5-4-6-10(11)8-9-12(13)14(16)18-15/h3-9H,1H2,2H3. The molecule has 1 atom stereocenters. The third-order valence-electron chi connectivity index (χ3n) is 3.07. The maximum Gasteiger partial charge on any atom is 0.345 e. The van der Waals surface area contributed by atoms with Crippen molar-refractivity contribution < 1.29 is 14.3 Å². The number of benzene rings is 2. The molecule has 1 unspecified atom stereocenters. The van der Waals surface area contributed by atoms with E-state index >= 15 is 0 Å². The number of esters is 1. The van der Waals surface area contributed by atoms with Gasteiger partial charge in [-0.3, -0.25) is 0 Å². The largest absolute Gasteiger partial charge is 0.447 e. The Morgan fingerprint density at radius 2 is 1.94 bits per heavy atom. The second kappa shape index (κ2) is 3.60. The van der Waals surface area contributed by atoms with Gasteiger partial charge in [0.2, 0.25) is 0 Å². The molecule has 2 aromatic carbocycles. The van der Waals surface area contributed by atoms with Gasteiger partial charge >= 0.3 is 5.97 Å². The molecule has 0 saturated carbocycles. The summed E-state index contributed by atoms with van der Waals surface area (Å²) in [6.45, 7) is 5.31. The summed E-state index contributed by atoms with van der Waals surface area (Å²) in [5.41, 5.74) is 0.452. The van der Waals surface area contributed by atoms with Crippen LogP contribution in [0.4, 0.5) is 0 Å².